The average molecular weight is 396 g/mol. The predicted molar refractivity (Wildman–Crippen MR) is 103 cm³/mol. The second-order valence-corrected chi connectivity index (χ2v) is 5.28. The highest BCUT2D eigenvalue weighted by Crippen LogP contribution is 1.95. The Labute approximate surface area is 165 Å². The van der Waals surface area contributed by atoms with Gasteiger partial charge >= 0.3 is 23.9 Å². The second-order valence-electron chi connectivity index (χ2n) is 5.28. The standard InChI is InChI=1S/2C10H14O4/c1-7(2)9(11)13-5-6-14-10(12)8(3)4;1-3-9(11)13-7-5-6-8-14-10(12)4-2/h1,3,5-6H2,2,4H3;3-4H,1-2,5-8H2. The first kappa shape index (κ1) is 27.1. The molecule has 0 N–H and O–H groups in total. The molecule has 0 saturated carbocycles. The van der Waals surface area contributed by atoms with Gasteiger partial charge in [-0.15, -0.1) is 0 Å². The molecule has 8 heteroatoms. The van der Waals surface area contributed by atoms with Crippen molar-refractivity contribution in [2.24, 2.45) is 0 Å². The van der Waals surface area contributed by atoms with Crippen molar-refractivity contribution in [2.75, 3.05) is 26.4 Å². The Hall–Kier alpha value is -3.16. The summed E-state index contributed by atoms with van der Waals surface area (Å²) in [7, 11) is 0. The van der Waals surface area contributed by atoms with Crippen molar-refractivity contribution < 1.29 is 38.1 Å². The van der Waals surface area contributed by atoms with Gasteiger partial charge in [-0.25, -0.2) is 19.2 Å². The molecule has 0 aromatic carbocycles. The van der Waals surface area contributed by atoms with Gasteiger partial charge < -0.3 is 18.9 Å². The normalized spacial score (nSPS) is 8.93. The van der Waals surface area contributed by atoms with Crippen LogP contribution in [-0.2, 0) is 38.1 Å². The quantitative estimate of drug-likeness (QED) is 0.214. The van der Waals surface area contributed by atoms with Crippen LogP contribution in [0.3, 0.4) is 0 Å². The molecule has 0 radical (unpaired) electrons. The van der Waals surface area contributed by atoms with E-state index in [-0.39, 0.29) is 13.2 Å². The van der Waals surface area contributed by atoms with E-state index in [1.165, 1.54) is 0 Å². The van der Waals surface area contributed by atoms with Crippen molar-refractivity contribution >= 4 is 23.9 Å². The van der Waals surface area contributed by atoms with Crippen LogP contribution in [0.15, 0.2) is 49.6 Å². The zero-order valence-electron chi connectivity index (χ0n) is 16.5. The van der Waals surface area contributed by atoms with Crippen molar-refractivity contribution in [1.29, 1.82) is 0 Å². The van der Waals surface area contributed by atoms with Gasteiger partial charge in [-0.2, -0.15) is 0 Å². The van der Waals surface area contributed by atoms with Crippen LogP contribution < -0.4 is 0 Å². The summed E-state index contributed by atoms with van der Waals surface area (Å²) in [6.07, 6.45) is 3.53. The number of carbonyl (C=O) groups excluding carboxylic acids is 4. The molecule has 0 amide bonds. The number of unbranched alkanes of at least 4 members (excludes halogenated alkanes) is 1. The van der Waals surface area contributed by atoms with E-state index < -0.39 is 23.9 Å². The van der Waals surface area contributed by atoms with Crippen LogP contribution in [0.2, 0.25) is 0 Å². The SMILES string of the molecule is C=C(C)C(=O)OCCOC(=O)C(=C)C.C=CC(=O)OCCCCOC(=O)C=C. The second kappa shape index (κ2) is 17.3. The third-order valence-corrected chi connectivity index (χ3v) is 2.61. The molecule has 0 aromatic heterocycles. The molecule has 0 heterocycles. The van der Waals surface area contributed by atoms with Crippen molar-refractivity contribution in [3.05, 3.63) is 49.6 Å². The summed E-state index contributed by atoms with van der Waals surface area (Å²) in [5.41, 5.74) is 0.632. The van der Waals surface area contributed by atoms with Crippen molar-refractivity contribution in [3.8, 4) is 0 Å². The van der Waals surface area contributed by atoms with Crippen molar-refractivity contribution in [1.82, 2.24) is 0 Å². The van der Waals surface area contributed by atoms with E-state index in [0.717, 1.165) is 12.2 Å². The van der Waals surface area contributed by atoms with Gasteiger partial charge in [0, 0.05) is 23.3 Å². The molecule has 0 aliphatic heterocycles. The summed E-state index contributed by atoms with van der Waals surface area (Å²) >= 11 is 0. The lowest BCUT2D eigenvalue weighted by Gasteiger charge is -2.05. The van der Waals surface area contributed by atoms with Crippen LogP contribution >= 0.6 is 0 Å². The van der Waals surface area contributed by atoms with Crippen LogP contribution in [0.5, 0.6) is 0 Å². The van der Waals surface area contributed by atoms with Crippen molar-refractivity contribution in [3.63, 3.8) is 0 Å². The molecule has 0 aliphatic rings. The Morgan fingerprint density at radius 2 is 0.964 bits per heavy atom. The predicted octanol–water partition coefficient (Wildman–Crippen LogP) is 2.45. The maximum absolute atomic E-state index is 10.8. The summed E-state index contributed by atoms with van der Waals surface area (Å²) in [4.78, 5) is 42.8. The largest absolute Gasteiger partial charge is 0.463 e. The molecule has 0 fully saturated rings. The zero-order chi connectivity index (χ0) is 21.9. The molecule has 0 rings (SSSR count). The Morgan fingerprint density at radius 1 is 0.643 bits per heavy atom. The first-order chi connectivity index (χ1) is 13.1. The minimum absolute atomic E-state index is 0.0325. The lowest BCUT2D eigenvalue weighted by atomic mass is 10.3. The third kappa shape index (κ3) is 17.7. The van der Waals surface area contributed by atoms with E-state index >= 15 is 0 Å². The van der Waals surface area contributed by atoms with Crippen LogP contribution in [0.25, 0.3) is 0 Å². The topological polar surface area (TPSA) is 105 Å². The number of esters is 4. The van der Waals surface area contributed by atoms with Gasteiger partial charge in [0.05, 0.1) is 13.2 Å². The minimum Gasteiger partial charge on any atom is -0.463 e. The van der Waals surface area contributed by atoms with Crippen LogP contribution in [0.1, 0.15) is 26.7 Å². The Bertz CT molecular complexity index is 537. The van der Waals surface area contributed by atoms with Crippen LogP contribution in [-0.4, -0.2) is 50.3 Å². The first-order valence-electron chi connectivity index (χ1n) is 8.39. The highest BCUT2D eigenvalue weighted by atomic mass is 16.6. The summed E-state index contributed by atoms with van der Waals surface area (Å²) in [6.45, 7) is 17.1. The summed E-state index contributed by atoms with van der Waals surface area (Å²) in [5.74, 6) is -1.85. The molecule has 156 valence electrons. The maximum atomic E-state index is 10.8. The molecule has 0 saturated heterocycles. The van der Waals surface area contributed by atoms with Gasteiger partial charge in [-0.05, 0) is 26.7 Å². The summed E-state index contributed by atoms with van der Waals surface area (Å²) in [6, 6.07) is 0. The van der Waals surface area contributed by atoms with E-state index in [9.17, 15) is 19.2 Å². The molecule has 8 nitrogen and oxygen atoms in total. The molecule has 0 aromatic rings. The van der Waals surface area contributed by atoms with Gasteiger partial charge in [0.1, 0.15) is 13.2 Å². The van der Waals surface area contributed by atoms with Gasteiger partial charge in [0.15, 0.2) is 0 Å². The first-order valence-corrected chi connectivity index (χ1v) is 8.39. The van der Waals surface area contributed by atoms with E-state index in [1.807, 2.05) is 0 Å². The van der Waals surface area contributed by atoms with Gasteiger partial charge in [-0.1, -0.05) is 26.3 Å². The number of ether oxygens (including phenoxy) is 4. The molecular formula is C20H28O8. The summed E-state index contributed by atoms with van der Waals surface area (Å²) < 4.78 is 18.8. The van der Waals surface area contributed by atoms with E-state index in [0.29, 0.717) is 37.2 Å². The lowest BCUT2D eigenvalue weighted by Crippen LogP contribution is -2.14. The average Bonchev–Trinajstić information content (AvgIpc) is 2.67. The summed E-state index contributed by atoms with van der Waals surface area (Å²) in [5, 5.41) is 0. The van der Waals surface area contributed by atoms with Gasteiger partial charge in [-0.3, -0.25) is 0 Å². The van der Waals surface area contributed by atoms with E-state index in [2.05, 4.69) is 35.8 Å². The molecular weight excluding hydrogens is 368 g/mol. The molecule has 28 heavy (non-hydrogen) atoms. The number of rotatable bonds is 12. The minimum atomic E-state index is -0.489. The zero-order valence-corrected chi connectivity index (χ0v) is 16.5. The van der Waals surface area contributed by atoms with E-state index in [1.54, 1.807) is 13.8 Å². The smallest absolute Gasteiger partial charge is 0.333 e. The molecule has 0 spiro atoms. The fourth-order valence-corrected chi connectivity index (χ4v) is 1.18. The molecule has 0 bridgehead atoms. The number of hydrogen-bond donors (Lipinski definition) is 0. The third-order valence-electron chi connectivity index (χ3n) is 2.61. The Balaban J connectivity index is 0. The highest BCUT2D eigenvalue weighted by Gasteiger charge is 2.05. The monoisotopic (exact) mass is 396 g/mol. The number of hydrogen-bond acceptors (Lipinski definition) is 8. The van der Waals surface area contributed by atoms with Crippen molar-refractivity contribution in [2.45, 2.75) is 26.7 Å². The number of carbonyl (C=O) groups is 4. The lowest BCUT2D eigenvalue weighted by molar-refractivity contribution is -0.147. The van der Waals surface area contributed by atoms with Crippen LogP contribution in [0.4, 0.5) is 0 Å². The maximum Gasteiger partial charge on any atom is 0.333 e. The van der Waals surface area contributed by atoms with E-state index in [4.69, 9.17) is 9.47 Å². The molecule has 0 aliphatic carbocycles. The Morgan fingerprint density at radius 3 is 1.21 bits per heavy atom. The Kier molecular flexibility index (Phi) is 16.7. The van der Waals surface area contributed by atoms with Gasteiger partial charge in [0.2, 0.25) is 0 Å². The molecule has 0 unspecified atom stereocenters. The highest BCUT2D eigenvalue weighted by molar-refractivity contribution is 5.87. The fourth-order valence-electron chi connectivity index (χ4n) is 1.18. The fraction of sp³-hybridized carbons (Fsp3) is 0.400. The van der Waals surface area contributed by atoms with Crippen LogP contribution in [0, 0.1) is 0 Å². The van der Waals surface area contributed by atoms with Gasteiger partial charge in [0.25, 0.3) is 0 Å². The molecule has 0 atom stereocenters.